The topological polar surface area (TPSA) is 39.1 Å². The Kier molecular flexibility index (Phi) is 5.06. The van der Waals surface area contributed by atoms with Crippen LogP contribution in [0.15, 0.2) is 59.9 Å². The van der Waals surface area contributed by atoms with Gasteiger partial charge in [-0.05, 0) is 48.2 Å². The second kappa shape index (κ2) is 7.43. The minimum absolute atomic E-state index is 0.0633. The molecule has 1 aromatic heterocycles. The number of Topliss-reactive ketones (excluding diaryl/α,β-unsaturated/α-hetero) is 1. The summed E-state index contributed by atoms with van der Waals surface area (Å²) in [6, 6.07) is 9.81. The van der Waals surface area contributed by atoms with Crippen molar-refractivity contribution in [1.29, 1.82) is 0 Å². The summed E-state index contributed by atoms with van der Waals surface area (Å²) >= 11 is 6.05. The van der Waals surface area contributed by atoms with Gasteiger partial charge in [-0.15, -0.1) is 6.58 Å². The quantitative estimate of drug-likeness (QED) is 0.494. The van der Waals surface area contributed by atoms with Crippen LogP contribution in [0.25, 0.3) is 10.9 Å². The van der Waals surface area contributed by atoms with Crippen LogP contribution in [0.3, 0.4) is 0 Å². The van der Waals surface area contributed by atoms with Crippen LogP contribution in [0.2, 0.25) is 5.02 Å². The third-order valence-corrected chi connectivity index (χ3v) is 5.74. The number of carbonyl (C=O) groups is 1. The van der Waals surface area contributed by atoms with Crippen LogP contribution in [0.5, 0.6) is 0 Å². The summed E-state index contributed by atoms with van der Waals surface area (Å²) in [5.41, 5.74) is 0.893. The summed E-state index contributed by atoms with van der Waals surface area (Å²) in [5, 5.41) is 0.764. The van der Waals surface area contributed by atoms with Gasteiger partial charge in [0.25, 0.3) is 0 Å². The number of hydrogen-bond acceptors (Lipinski definition) is 2. The number of nitrogens with zero attached hydrogens (tertiary/aromatic N) is 1. The van der Waals surface area contributed by atoms with Gasteiger partial charge < -0.3 is 4.57 Å². The van der Waals surface area contributed by atoms with Crippen LogP contribution in [0, 0.1) is 0 Å². The zero-order valence-electron chi connectivity index (χ0n) is 15.8. The van der Waals surface area contributed by atoms with Crippen molar-refractivity contribution in [3.8, 4) is 0 Å². The van der Waals surface area contributed by atoms with Crippen LogP contribution in [-0.2, 0) is 19.1 Å². The van der Waals surface area contributed by atoms with Gasteiger partial charge in [-0.1, -0.05) is 29.8 Å². The number of aromatic nitrogens is 1. The molecule has 4 rings (SSSR count). The third kappa shape index (κ3) is 3.45. The van der Waals surface area contributed by atoms with Crippen molar-refractivity contribution in [1.82, 2.24) is 4.57 Å². The number of pyridine rings is 1. The summed E-state index contributed by atoms with van der Waals surface area (Å²) in [6.45, 7) is 4.15. The van der Waals surface area contributed by atoms with Gasteiger partial charge in [-0.25, -0.2) is 0 Å². The van der Waals surface area contributed by atoms with Crippen LogP contribution in [-0.4, -0.2) is 10.4 Å². The normalized spacial score (nSPS) is 16.5. The molecule has 1 atom stereocenters. The average Bonchev–Trinajstić information content (AvgIpc) is 2.70. The summed E-state index contributed by atoms with van der Waals surface area (Å²) in [7, 11) is 0. The Labute approximate surface area is 175 Å². The van der Waals surface area contributed by atoms with Gasteiger partial charge in [0, 0.05) is 29.1 Å². The highest BCUT2D eigenvalue weighted by Gasteiger charge is 2.33. The number of hydrogen-bond donors (Lipinski definition) is 0. The summed E-state index contributed by atoms with van der Waals surface area (Å²) in [4.78, 5) is 26.0. The lowest BCUT2D eigenvalue weighted by Gasteiger charge is -2.28. The number of alkyl halides is 3. The van der Waals surface area contributed by atoms with Crippen LogP contribution in [0.1, 0.15) is 39.5 Å². The molecule has 0 aliphatic heterocycles. The van der Waals surface area contributed by atoms with Gasteiger partial charge >= 0.3 is 6.18 Å². The molecule has 0 saturated heterocycles. The highest BCUT2D eigenvalue weighted by molar-refractivity contribution is 6.31. The molecule has 30 heavy (non-hydrogen) atoms. The van der Waals surface area contributed by atoms with E-state index in [4.69, 9.17) is 11.6 Å². The second-order valence-corrected chi connectivity index (χ2v) is 7.80. The van der Waals surface area contributed by atoms with E-state index in [-0.39, 0.29) is 29.1 Å². The molecular formula is C23H17ClF3NO2. The second-order valence-electron chi connectivity index (χ2n) is 7.36. The van der Waals surface area contributed by atoms with E-state index in [1.54, 1.807) is 24.3 Å². The van der Waals surface area contributed by atoms with Crippen molar-refractivity contribution < 1.29 is 18.0 Å². The van der Waals surface area contributed by atoms with Crippen LogP contribution in [0.4, 0.5) is 13.2 Å². The van der Waals surface area contributed by atoms with Gasteiger partial charge in [0.05, 0.1) is 16.6 Å². The van der Waals surface area contributed by atoms with Gasteiger partial charge in [0.2, 0.25) is 5.43 Å². The molecule has 1 heterocycles. The number of carbonyl (C=O) groups excluding carboxylic acids is 1. The van der Waals surface area contributed by atoms with E-state index in [9.17, 15) is 22.8 Å². The lowest BCUT2D eigenvalue weighted by atomic mass is 9.80. The zero-order valence-corrected chi connectivity index (χ0v) is 16.6. The molecule has 0 fully saturated rings. The largest absolute Gasteiger partial charge is 0.416 e. The third-order valence-electron chi connectivity index (χ3n) is 5.51. The maximum absolute atomic E-state index is 13.0. The van der Waals surface area contributed by atoms with Crippen LogP contribution >= 0.6 is 11.6 Å². The molecule has 1 aliphatic carbocycles. The smallest absolute Gasteiger partial charge is 0.340 e. The van der Waals surface area contributed by atoms with Gasteiger partial charge in [-0.3, -0.25) is 9.59 Å². The maximum Gasteiger partial charge on any atom is 0.416 e. The molecule has 0 amide bonds. The highest BCUT2D eigenvalue weighted by atomic mass is 35.5. The van der Waals surface area contributed by atoms with Crippen molar-refractivity contribution in [3.63, 3.8) is 0 Å². The SMILES string of the molecule is C=CCn1c2c(c(=O)c3cc(Cl)ccc31)C(=O)CC(c1ccc(C(F)(F)F)cc1)C2. The van der Waals surface area contributed by atoms with Crippen LogP contribution < -0.4 is 5.43 Å². The molecular weight excluding hydrogens is 415 g/mol. The van der Waals surface area contributed by atoms with Crippen molar-refractivity contribution in [2.45, 2.75) is 31.5 Å². The number of rotatable bonds is 3. The Bertz CT molecular complexity index is 1230. The van der Waals surface area contributed by atoms with E-state index >= 15 is 0 Å². The Morgan fingerprint density at radius 1 is 1.10 bits per heavy atom. The summed E-state index contributed by atoms with van der Waals surface area (Å²) in [6.07, 6.45) is -2.31. The molecule has 3 nitrogen and oxygen atoms in total. The first kappa shape index (κ1) is 20.4. The Morgan fingerprint density at radius 3 is 2.43 bits per heavy atom. The monoisotopic (exact) mass is 431 g/mol. The Hall–Kier alpha value is -2.86. The van der Waals surface area contributed by atoms with E-state index in [0.29, 0.717) is 40.1 Å². The van der Waals surface area contributed by atoms with E-state index in [1.165, 1.54) is 12.1 Å². The number of benzene rings is 2. The number of ketones is 1. The van der Waals surface area contributed by atoms with E-state index in [0.717, 1.165) is 12.1 Å². The first-order chi connectivity index (χ1) is 14.2. The molecule has 1 unspecified atom stereocenters. The van der Waals surface area contributed by atoms with Gasteiger partial charge in [0.15, 0.2) is 5.78 Å². The molecule has 0 spiro atoms. The molecule has 3 aromatic rings. The molecule has 0 radical (unpaired) electrons. The fourth-order valence-corrected chi connectivity index (χ4v) is 4.29. The number of halogens is 4. The Morgan fingerprint density at radius 2 is 1.80 bits per heavy atom. The average molecular weight is 432 g/mol. The zero-order chi connectivity index (χ0) is 21.6. The molecule has 154 valence electrons. The predicted octanol–water partition coefficient (Wildman–Crippen LogP) is 5.77. The molecule has 0 saturated carbocycles. The molecule has 0 N–H and O–H groups in total. The lowest BCUT2D eigenvalue weighted by Crippen LogP contribution is -2.30. The predicted molar refractivity (Wildman–Crippen MR) is 110 cm³/mol. The Balaban J connectivity index is 1.85. The standard InChI is InChI=1S/C23H17ClF3NO2/c1-2-9-28-18-8-7-16(24)12-17(18)22(30)21-19(28)10-14(11-20(21)29)13-3-5-15(6-4-13)23(25,26)27/h2-8,12,14H,1,9-11H2. The van der Waals surface area contributed by atoms with E-state index in [1.807, 2.05) is 4.57 Å². The fraction of sp³-hybridized carbons (Fsp3) is 0.217. The van der Waals surface area contributed by atoms with Crippen molar-refractivity contribution in [2.75, 3.05) is 0 Å². The molecule has 0 bridgehead atoms. The minimum Gasteiger partial charge on any atom is -0.340 e. The fourth-order valence-electron chi connectivity index (χ4n) is 4.12. The van der Waals surface area contributed by atoms with Gasteiger partial charge in [0.1, 0.15) is 0 Å². The highest BCUT2D eigenvalue weighted by Crippen LogP contribution is 2.35. The molecule has 1 aliphatic rings. The van der Waals surface area contributed by atoms with Crippen molar-refractivity contribution in [2.24, 2.45) is 0 Å². The number of fused-ring (bicyclic) bond motifs is 2. The van der Waals surface area contributed by atoms with Crippen molar-refractivity contribution in [3.05, 3.63) is 92.7 Å². The molecule has 2 aromatic carbocycles. The lowest BCUT2D eigenvalue weighted by molar-refractivity contribution is -0.137. The first-order valence-electron chi connectivity index (χ1n) is 9.37. The van der Waals surface area contributed by atoms with Gasteiger partial charge in [-0.2, -0.15) is 13.2 Å². The first-order valence-corrected chi connectivity index (χ1v) is 9.74. The minimum atomic E-state index is -4.42. The summed E-state index contributed by atoms with van der Waals surface area (Å²) < 4.78 is 40.5. The van der Waals surface area contributed by atoms with E-state index in [2.05, 4.69) is 6.58 Å². The molecule has 7 heteroatoms. The van der Waals surface area contributed by atoms with E-state index < -0.39 is 11.7 Å². The maximum atomic E-state index is 13.0. The number of allylic oxidation sites excluding steroid dienone is 1. The van der Waals surface area contributed by atoms with Crippen molar-refractivity contribution >= 4 is 28.3 Å². The summed E-state index contributed by atoms with van der Waals surface area (Å²) in [5.74, 6) is -0.627.